The van der Waals surface area contributed by atoms with Crippen molar-refractivity contribution in [1.82, 2.24) is 0 Å². The van der Waals surface area contributed by atoms with Crippen LogP contribution < -0.4 is 0 Å². The summed E-state index contributed by atoms with van der Waals surface area (Å²) in [5.74, 6) is 1.30. The van der Waals surface area contributed by atoms with Crippen LogP contribution in [0.1, 0.15) is 23.6 Å². The summed E-state index contributed by atoms with van der Waals surface area (Å²) in [6, 6.07) is 4.01. The smallest absolute Gasteiger partial charge is 0.169 e. The van der Waals surface area contributed by atoms with Crippen LogP contribution in [-0.4, -0.2) is 28.2 Å². The lowest BCUT2D eigenvalue weighted by Gasteiger charge is -2.22. The summed E-state index contributed by atoms with van der Waals surface area (Å²) in [6.07, 6.45) is 1.04. The molecule has 1 aromatic rings. The van der Waals surface area contributed by atoms with Gasteiger partial charge in [0.2, 0.25) is 0 Å². The van der Waals surface area contributed by atoms with E-state index < -0.39 is 0 Å². The van der Waals surface area contributed by atoms with Gasteiger partial charge in [-0.05, 0) is 11.4 Å². The van der Waals surface area contributed by atoms with Crippen LogP contribution in [0.5, 0.6) is 0 Å². The van der Waals surface area contributed by atoms with E-state index in [1.165, 1.54) is 4.88 Å². The lowest BCUT2D eigenvalue weighted by Crippen LogP contribution is -2.21. The first-order valence-corrected chi connectivity index (χ1v) is 7.78. The lowest BCUT2D eigenvalue weighted by atomic mass is 9.86. The highest BCUT2D eigenvalue weighted by Crippen LogP contribution is 2.37. The van der Waals surface area contributed by atoms with E-state index in [0.29, 0.717) is 18.4 Å². The summed E-state index contributed by atoms with van der Waals surface area (Å²) in [7, 11) is 0. The molecule has 0 fully saturated rings. The standard InChI is InChI=1S/C13H13NO2S2/c15-9-6-8(11-2-1-4-17-11)7-10(16)12(9)13-14-3-5-18-13/h1-2,4,8,15H,3,5-7H2. The van der Waals surface area contributed by atoms with E-state index in [-0.39, 0.29) is 17.5 Å². The number of hydrogen-bond acceptors (Lipinski definition) is 5. The van der Waals surface area contributed by atoms with Crippen LogP contribution in [-0.2, 0) is 4.79 Å². The van der Waals surface area contributed by atoms with Gasteiger partial charge in [-0.2, -0.15) is 0 Å². The van der Waals surface area contributed by atoms with Crippen molar-refractivity contribution in [3.63, 3.8) is 0 Å². The van der Waals surface area contributed by atoms with Crippen molar-refractivity contribution in [3.05, 3.63) is 33.7 Å². The zero-order valence-corrected chi connectivity index (χ0v) is 11.4. The Morgan fingerprint density at radius 2 is 2.28 bits per heavy atom. The molecule has 1 aliphatic heterocycles. The van der Waals surface area contributed by atoms with Crippen LogP contribution in [0.4, 0.5) is 0 Å². The van der Waals surface area contributed by atoms with E-state index in [4.69, 9.17) is 0 Å². The molecule has 3 nitrogen and oxygen atoms in total. The Balaban J connectivity index is 1.89. The van der Waals surface area contributed by atoms with Crippen molar-refractivity contribution in [1.29, 1.82) is 0 Å². The number of carbonyl (C=O) groups is 1. The normalized spacial score (nSPS) is 24.6. The minimum atomic E-state index is 0.0327. The molecule has 3 rings (SSSR count). The molecule has 18 heavy (non-hydrogen) atoms. The third-order valence-electron chi connectivity index (χ3n) is 3.18. The lowest BCUT2D eigenvalue weighted by molar-refractivity contribution is -0.116. The number of rotatable bonds is 2. The molecule has 1 aromatic heterocycles. The number of Topliss-reactive ketones (excluding diaryl/α,β-unsaturated/α-hetero) is 1. The molecule has 0 bridgehead atoms. The number of nitrogens with zero attached hydrogens (tertiary/aromatic N) is 1. The average molecular weight is 279 g/mol. The first kappa shape index (κ1) is 12.0. The van der Waals surface area contributed by atoms with Gasteiger partial charge in [0.15, 0.2) is 5.78 Å². The molecule has 0 saturated heterocycles. The van der Waals surface area contributed by atoms with Crippen molar-refractivity contribution in [3.8, 4) is 0 Å². The van der Waals surface area contributed by atoms with E-state index in [9.17, 15) is 9.90 Å². The topological polar surface area (TPSA) is 49.7 Å². The quantitative estimate of drug-likeness (QED) is 0.904. The van der Waals surface area contributed by atoms with Crippen LogP contribution in [0, 0.1) is 0 Å². The maximum absolute atomic E-state index is 12.2. The summed E-state index contributed by atoms with van der Waals surface area (Å²) in [6.45, 7) is 0.748. The van der Waals surface area contributed by atoms with Gasteiger partial charge in [0.25, 0.3) is 0 Å². The molecule has 5 heteroatoms. The molecule has 1 N–H and O–H groups in total. The Morgan fingerprint density at radius 3 is 2.89 bits per heavy atom. The molecule has 0 saturated carbocycles. The summed E-state index contributed by atoms with van der Waals surface area (Å²) in [5.41, 5.74) is 0.477. The number of aliphatic hydroxyl groups excluding tert-OH is 1. The third kappa shape index (κ3) is 2.12. The van der Waals surface area contributed by atoms with E-state index in [1.807, 2.05) is 17.5 Å². The average Bonchev–Trinajstić information content (AvgIpc) is 3.01. The van der Waals surface area contributed by atoms with Gasteiger partial charge in [0.1, 0.15) is 10.8 Å². The molecular weight excluding hydrogens is 266 g/mol. The highest BCUT2D eigenvalue weighted by molar-refractivity contribution is 8.14. The van der Waals surface area contributed by atoms with E-state index >= 15 is 0 Å². The predicted molar refractivity (Wildman–Crippen MR) is 75.7 cm³/mol. The van der Waals surface area contributed by atoms with E-state index in [2.05, 4.69) is 4.99 Å². The van der Waals surface area contributed by atoms with Crippen molar-refractivity contribution in [2.75, 3.05) is 12.3 Å². The first-order valence-electron chi connectivity index (χ1n) is 5.92. The molecule has 0 spiro atoms. The summed E-state index contributed by atoms with van der Waals surface area (Å²) in [4.78, 5) is 17.7. The number of carbonyl (C=O) groups excluding carboxylic acids is 1. The number of thioether (sulfide) groups is 1. The van der Waals surface area contributed by atoms with Crippen molar-refractivity contribution in [2.45, 2.75) is 18.8 Å². The van der Waals surface area contributed by atoms with Crippen molar-refractivity contribution in [2.24, 2.45) is 4.99 Å². The fourth-order valence-electron chi connectivity index (χ4n) is 2.35. The number of aliphatic hydroxyl groups is 1. The minimum absolute atomic E-state index is 0.0327. The van der Waals surface area contributed by atoms with Crippen LogP contribution in [0.2, 0.25) is 0 Å². The van der Waals surface area contributed by atoms with Crippen LogP contribution >= 0.6 is 23.1 Å². The van der Waals surface area contributed by atoms with E-state index in [0.717, 1.165) is 17.3 Å². The largest absolute Gasteiger partial charge is 0.511 e. The van der Waals surface area contributed by atoms with Gasteiger partial charge in [0, 0.05) is 35.9 Å². The number of ketones is 1. The highest BCUT2D eigenvalue weighted by atomic mass is 32.2. The zero-order chi connectivity index (χ0) is 12.5. The Kier molecular flexibility index (Phi) is 3.26. The Bertz CT molecular complexity index is 531. The van der Waals surface area contributed by atoms with Gasteiger partial charge < -0.3 is 5.11 Å². The van der Waals surface area contributed by atoms with Crippen LogP contribution in [0.25, 0.3) is 0 Å². The Hall–Kier alpha value is -1.07. The SMILES string of the molecule is O=C1CC(c2cccs2)CC(O)=C1C1=NCCS1. The molecule has 0 radical (unpaired) electrons. The monoisotopic (exact) mass is 279 g/mol. The second-order valence-corrected chi connectivity index (χ2v) is 6.46. The molecule has 2 heterocycles. The molecule has 1 unspecified atom stereocenters. The van der Waals surface area contributed by atoms with Gasteiger partial charge in [-0.15, -0.1) is 23.1 Å². The summed E-state index contributed by atoms with van der Waals surface area (Å²) < 4.78 is 0. The number of thiophene rings is 1. The van der Waals surface area contributed by atoms with Gasteiger partial charge >= 0.3 is 0 Å². The molecule has 1 aliphatic carbocycles. The molecule has 94 valence electrons. The van der Waals surface area contributed by atoms with Crippen molar-refractivity contribution >= 4 is 33.9 Å². The number of allylic oxidation sites excluding steroid dienone is 1. The van der Waals surface area contributed by atoms with Gasteiger partial charge in [-0.25, -0.2) is 0 Å². The molecule has 2 aliphatic rings. The third-order valence-corrected chi connectivity index (χ3v) is 5.21. The van der Waals surface area contributed by atoms with Gasteiger partial charge in [0.05, 0.1) is 5.57 Å². The number of hydrogen-bond donors (Lipinski definition) is 1. The van der Waals surface area contributed by atoms with Crippen LogP contribution in [0.3, 0.4) is 0 Å². The predicted octanol–water partition coefficient (Wildman–Crippen LogP) is 3.15. The zero-order valence-electron chi connectivity index (χ0n) is 9.76. The molecule has 0 aromatic carbocycles. The first-order chi connectivity index (χ1) is 8.75. The summed E-state index contributed by atoms with van der Waals surface area (Å²) >= 11 is 3.21. The summed E-state index contributed by atoms with van der Waals surface area (Å²) in [5, 5.41) is 12.9. The van der Waals surface area contributed by atoms with Gasteiger partial charge in [-0.3, -0.25) is 9.79 Å². The maximum Gasteiger partial charge on any atom is 0.169 e. The molecule has 1 atom stereocenters. The Labute approximate surface area is 114 Å². The second-order valence-electron chi connectivity index (χ2n) is 4.40. The molecular formula is C13H13NO2S2. The second kappa shape index (κ2) is 4.90. The number of aliphatic imine (C=N–C) groups is 1. The maximum atomic E-state index is 12.2. The molecule has 0 amide bonds. The fraction of sp³-hybridized carbons (Fsp3) is 0.385. The van der Waals surface area contributed by atoms with Crippen LogP contribution in [0.15, 0.2) is 33.8 Å². The Morgan fingerprint density at radius 1 is 1.39 bits per heavy atom. The highest BCUT2D eigenvalue weighted by Gasteiger charge is 2.32. The van der Waals surface area contributed by atoms with E-state index in [1.54, 1.807) is 23.1 Å². The van der Waals surface area contributed by atoms with Crippen molar-refractivity contribution < 1.29 is 9.90 Å². The fourth-order valence-corrected chi connectivity index (χ4v) is 4.11. The minimum Gasteiger partial charge on any atom is -0.511 e. The van der Waals surface area contributed by atoms with Gasteiger partial charge in [-0.1, -0.05) is 6.07 Å².